The number of aromatic amines is 1. The van der Waals surface area contributed by atoms with Crippen LogP contribution in [0.4, 0.5) is 4.79 Å². The Bertz CT molecular complexity index is 2770. The van der Waals surface area contributed by atoms with Crippen LogP contribution in [-0.4, -0.2) is 228 Å². The van der Waals surface area contributed by atoms with Gasteiger partial charge in [-0.3, -0.25) is 73.6 Å². The number of benzene rings is 2. The second-order valence-corrected chi connectivity index (χ2v) is 22.2. The summed E-state index contributed by atoms with van der Waals surface area (Å²) in [7, 11) is 1.57. The maximum Gasteiger partial charge on any atom is 0.334 e. The number of nitrogens with one attached hydrogen (secondary N) is 11. The topological polar surface area (TPSA) is 418 Å². The Balaban J connectivity index is 1.14. The highest BCUT2D eigenvalue weighted by atomic mass is 16.4. The maximum atomic E-state index is 14.2. The Morgan fingerprint density at radius 2 is 1.15 bits per heavy atom. The summed E-state index contributed by atoms with van der Waals surface area (Å²) in [5.41, 5.74) is 12.3. The third kappa shape index (κ3) is 23.2. The number of carboxylic acids is 3. The molecule has 1 fully saturated rings. The first kappa shape index (κ1) is 68.4. The van der Waals surface area contributed by atoms with Crippen LogP contribution in [0.3, 0.4) is 0 Å². The van der Waals surface area contributed by atoms with Crippen molar-refractivity contribution in [2.24, 2.45) is 11.7 Å². The number of urea groups is 1. The minimum Gasteiger partial charge on any atom is -0.480 e. The van der Waals surface area contributed by atoms with E-state index in [1.54, 1.807) is 27.9 Å². The minimum atomic E-state index is -1.51. The number of hydrazine groups is 1. The lowest BCUT2D eigenvalue weighted by molar-refractivity contribution is -0.140. The van der Waals surface area contributed by atoms with Gasteiger partial charge >= 0.3 is 23.9 Å². The van der Waals surface area contributed by atoms with Crippen molar-refractivity contribution in [2.45, 2.75) is 102 Å². The number of carbonyl (C=O) groups excluding carboxylic acids is 7. The molecule has 1 aliphatic carbocycles. The largest absolute Gasteiger partial charge is 0.480 e. The molecule has 3 atom stereocenters. The molecule has 0 unspecified atom stereocenters. The first-order chi connectivity index (χ1) is 41.0. The molecule has 2 aromatic carbocycles. The van der Waals surface area contributed by atoms with Gasteiger partial charge in [0.15, 0.2) is 5.96 Å². The minimum absolute atomic E-state index is 0.0310. The molecular formula is C57H86N16O13. The molecule has 3 aromatic rings. The number of guanidine groups is 1. The van der Waals surface area contributed by atoms with E-state index in [4.69, 9.17) is 11.1 Å². The highest BCUT2D eigenvalue weighted by Gasteiger charge is 2.45. The van der Waals surface area contributed by atoms with Crippen LogP contribution in [0.25, 0.3) is 10.9 Å². The van der Waals surface area contributed by atoms with Crippen LogP contribution >= 0.6 is 0 Å². The Hall–Kier alpha value is -8.41. The summed E-state index contributed by atoms with van der Waals surface area (Å²) in [4.78, 5) is 140. The number of fused-ring (bicyclic) bond motifs is 2. The molecule has 2 aliphatic rings. The second kappa shape index (κ2) is 34.5. The van der Waals surface area contributed by atoms with Gasteiger partial charge in [0.1, 0.15) is 23.7 Å². The highest BCUT2D eigenvalue weighted by Crippen LogP contribution is 2.31. The molecule has 5 rings (SSSR count). The molecule has 29 nitrogen and oxygen atoms in total. The fourth-order valence-corrected chi connectivity index (χ4v) is 10.4. The predicted octanol–water partition coefficient (Wildman–Crippen LogP) is -1.76. The smallest absolute Gasteiger partial charge is 0.334 e. The quantitative estimate of drug-likeness (QED) is 0.0152. The number of aliphatic carboxylic acids is 3. The monoisotopic (exact) mass is 1200 g/mol. The van der Waals surface area contributed by atoms with E-state index in [1.165, 1.54) is 0 Å². The van der Waals surface area contributed by atoms with E-state index in [9.17, 15) is 63.3 Å². The van der Waals surface area contributed by atoms with Crippen molar-refractivity contribution >= 4 is 76.2 Å². The normalized spacial score (nSPS) is 16.1. The number of rotatable bonds is 30. The van der Waals surface area contributed by atoms with Crippen molar-refractivity contribution in [2.75, 3.05) is 98.7 Å². The van der Waals surface area contributed by atoms with Crippen molar-refractivity contribution < 1.29 is 63.3 Å². The summed E-state index contributed by atoms with van der Waals surface area (Å²) in [5, 5.41) is 56.6. The number of amides is 8. The lowest BCUT2D eigenvalue weighted by Gasteiger charge is -2.32. The standard InChI is InChI=1S/C57H86N16O13/c1-37(2)28-45(53(84)64-43(16-11-19-62-55(59)60-3)52(83)65-44(51(58)82)29-40-32-63-42-15-9-8-14-41(40)42)66-56(86)69-68-54(85)57(30-38-12-6-7-13-39(38)31-57)67-46(74)17-5-4-10-18-61-47(75)33-70-20-22-71(34-48(76)77)24-26-73(36-50(80)81)27-25-72(23-21-70)35-49(78)79/h6-9,12-15,32,37,43-45,63H,4-5,10-11,16-31,33-36H2,1-3H3,(H2,58,82)(H,61,75)(H,64,84)(H,65,83)(H,67,74)(H,68,85)(H,76,77)(H,78,79)(H,80,81)(H3,59,60,62)(H2,66,69,86)/t43-,44-,45-/m0/s1. The molecule has 0 bridgehead atoms. The number of unbranched alkanes of at least 4 members (excludes halogenated alkanes) is 2. The average Bonchev–Trinajstić information content (AvgIpc) is 1.92. The summed E-state index contributed by atoms with van der Waals surface area (Å²) < 4.78 is 0. The number of hydrogen-bond acceptors (Lipinski definition) is 15. The number of carbonyl (C=O) groups is 10. The zero-order chi connectivity index (χ0) is 62.8. The molecule has 0 spiro atoms. The fraction of sp³-hybridized carbons (Fsp3) is 0.561. The van der Waals surface area contributed by atoms with E-state index in [-0.39, 0.29) is 148 Å². The van der Waals surface area contributed by atoms with Gasteiger partial charge in [0.25, 0.3) is 5.91 Å². The molecule has 2 heterocycles. The van der Waals surface area contributed by atoms with Gasteiger partial charge in [0.05, 0.1) is 26.2 Å². The first-order valence-electron chi connectivity index (χ1n) is 29.0. The molecule has 16 N–H and O–H groups in total. The van der Waals surface area contributed by atoms with E-state index in [0.29, 0.717) is 25.7 Å². The van der Waals surface area contributed by atoms with Gasteiger partial charge in [0.2, 0.25) is 29.5 Å². The third-order valence-corrected chi connectivity index (χ3v) is 14.9. The summed E-state index contributed by atoms with van der Waals surface area (Å²) >= 11 is 0. The van der Waals surface area contributed by atoms with Gasteiger partial charge in [-0.1, -0.05) is 62.7 Å². The SMILES string of the molecule is CNC(=N)NCCC[C@H](NC(=O)[C@H](CC(C)C)NC(=O)NNC(=O)C1(NC(=O)CCCCCNC(=O)CN2CCN(CC(=O)O)CCN(CC(=O)O)CCN(CC(=O)O)CC2)Cc2ccccc2C1)C(=O)N[C@@H](Cc1c[nH]c2ccccc12)C(N)=O. The molecule has 29 heteroatoms. The van der Waals surface area contributed by atoms with Gasteiger partial charge in [-0.15, -0.1) is 0 Å². The summed E-state index contributed by atoms with van der Waals surface area (Å²) in [6, 6.07) is 10.2. The molecule has 8 amide bonds. The average molecular weight is 1200 g/mol. The third-order valence-electron chi connectivity index (χ3n) is 14.9. The fourth-order valence-electron chi connectivity index (χ4n) is 10.4. The first-order valence-corrected chi connectivity index (χ1v) is 29.0. The van der Waals surface area contributed by atoms with E-state index in [1.807, 2.05) is 67.3 Å². The zero-order valence-corrected chi connectivity index (χ0v) is 49.3. The number of nitrogens with zero attached hydrogens (tertiary/aromatic N) is 4. The number of carboxylic acid groups (broad SMARTS) is 3. The van der Waals surface area contributed by atoms with Gasteiger partial charge in [-0.25, -0.2) is 10.2 Å². The van der Waals surface area contributed by atoms with E-state index in [2.05, 4.69) is 53.1 Å². The molecule has 0 radical (unpaired) electrons. The van der Waals surface area contributed by atoms with Crippen molar-refractivity contribution in [1.82, 2.24) is 72.7 Å². The van der Waals surface area contributed by atoms with E-state index < -0.39 is 77.1 Å². The van der Waals surface area contributed by atoms with Crippen LogP contribution in [0.15, 0.2) is 54.7 Å². The molecular weight excluding hydrogens is 1120 g/mol. The lowest BCUT2D eigenvalue weighted by Crippen LogP contribution is -2.64. The van der Waals surface area contributed by atoms with Crippen molar-refractivity contribution in [3.63, 3.8) is 0 Å². The van der Waals surface area contributed by atoms with Gasteiger partial charge in [-0.2, -0.15) is 0 Å². The van der Waals surface area contributed by atoms with Gasteiger partial charge in [-0.05, 0) is 60.8 Å². The Labute approximate surface area is 499 Å². The lowest BCUT2D eigenvalue weighted by atomic mass is 9.94. The highest BCUT2D eigenvalue weighted by molar-refractivity contribution is 5.96. The van der Waals surface area contributed by atoms with Crippen LogP contribution in [0.1, 0.15) is 75.5 Å². The van der Waals surface area contributed by atoms with Crippen molar-refractivity contribution in [3.8, 4) is 0 Å². The molecule has 1 aromatic heterocycles. The molecule has 1 saturated heterocycles. The summed E-state index contributed by atoms with van der Waals surface area (Å²) in [6.07, 6.45) is 3.95. The van der Waals surface area contributed by atoms with Crippen LogP contribution in [-0.2, 0) is 62.4 Å². The zero-order valence-electron chi connectivity index (χ0n) is 49.3. The second-order valence-electron chi connectivity index (χ2n) is 22.2. The predicted molar refractivity (Wildman–Crippen MR) is 317 cm³/mol. The molecule has 1 aliphatic heterocycles. The van der Waals surface area contributed by atoms with Crippen LogP contribution in [0.2, 0.25) is 0 Å². The molecule has 86 heavy (non-hydrogen) atoms. The summed E-state index contributed by atoms with van der Waals surface area (Å²) in [6.45, 7) is 5.35. The molecule has 472 valence electrons. The Kier molecular flexibility index (Phi) is 27.4. The van der Waals surface area contributed by atoms with Crippen LogP contribution < -0.4 is 53.8 Å². The van der Waals surface area contributed by atoms with Gasteiger partial charge < -0.3 is 63.3 Å². The summed E-state index contributed by atoms with van der Waals surface area (Å²) in [5.74, 6) is -6.95. The maximum absolute atomic E-state index is 14.2. The Morgan fingerprint density at radius 1 is 0.628 bits per heavy atom. The number of primary amides is 1. The number of H-pyrrole nitrogens is 1. The van der Waals surface area contributed by atoms with E-state index >= 15 is 0 Å². The van der Waals surface area contributed by atoms with Crippen molar-refractivity contribution in [1.29, 1.82) is 5.41 Å². The number of aromatic nitrogens is 1. The van der Waals surface area contributed by atoms with E-state index in [0.717, 1.165) is 27.6 Å². The Morgan fingerprint density at radius 3 is 1.70 bits per heavy atom. The van der Waals surface area contributed by atoms with Gasteiger partial charge in [0, 0.05) is 115 Å². The number of para-hydroxylation sites is 1. The van der Waals surface area contributed by atoms with Crippen LogP contribution in [0, 0.1) is 11.3 Å². The van der Waals surface area contributed by atoms with Crippen LogP contribution in [0.5, 0.6) is 0 Å². The number of nitrogens with two attached hydrogens (primary N) is 1. The number of hydrogen-bond donors (Lipinski definition) is 15. The molecule has 0 saturated carbocycles. The van der Waals surface area contributed by atoms with Crippen molar-refractivity contribution in [3.05, 3.63) is 71.4 Å².